The first-order valence-corrected chi connectivity index (χ1v) is 8.88. The van der Waals surface area contributed by atoms with Crippen LogP contribution in [0.5, 0.6) is 0 Å². The number of nitrogens with zero attached hydrogens (tertiary/aromatic N) is 1. The van der Waals surface area contributed by atoms with Gasteiger partial charge in [0, 0.05) is 30.5 Å². The van der Waals surface area contributed by atoms with Crippen molar-refractivity contribution in [2.75, 3.05) is 19.8 Å². The highest BCUT2D eigenvalue weighted by molar-refractivity contribution is 5.94. The molecule has 1 aromatic rings. The molecule has 1 saturated carbocycles. The third-order valence-corrected chi connectivity index (χ3v) is 5.24. The maximum absolute atomic E-state index is 12.3. The molecule has 0 spiro atoms. The summed E-state index contributed by atoms with van der Waals surface area (Å²) in [6.45, 7) is 6.06. The molecule has 2 fully saturated rings. The highest BCUT2D eigenvalue weighted by Gasteiger charge is 2.57. The van der Waals surface area contributed by atoms with Gasteiger partial charge in [-0.25, -0.2) is 0 Å². The predicted molar refractivity (Wildman–Crippen MR) is 87.8 cm³/mol. The van der Waals surface area contributed by atoms with E-state index in [1.807, 2.05) is 13.8 Å². The van der Waals surface area contributed by atoms with Crippen molar-refractivity contribution in [3.05, 3.63) is 17.0 Å². The summed E-state index contributed by atoms with van der Waals surface area (Å²) in [7, 11) is 0. The first kappa shape index (κ1) is 16.5. The molecule has 136 valence electrons. The van der Waals surface area contributed by atoms with Crippen molar-refractivity contribution >= 4 is 11.8 Å². The first-order chi connectivity index (χ1) is 12.0. The van der Waals surface area contributed by atoms with Crippen LogP contribution in [0.3, 0.4) is 0 Å². The minimum atomic E-state index is -0.178. The zero-order valence-electron chi connectivity index (χ0n) is 14.5. The van der Waals surface area contributed by atoms with Crippen molar-refractivity contribution < 1.29 is 19.1 Å². The standard InChI is InChI=1S/C17H24N4O4/c1-8(2)19-17(23)15-10-3-9(25-7-13(10)20-21-15)4-18-16(22)14-11-5-24-6-12(11)14/h8-9,11-12,14H,3-7H2,1-2H3,(H,18,22)(H,19,23)(H,20,21)/t9?,11-,12+,14?. The second kappa shape index (κ2) is 6.42. The second-order valence-electron chi connectivity index (χ2n) is 7.43. The van der Waals surface area contributed by atoms with Crippen LogP contribution in [0.1, 0.15) is 35.6 Å². The number of carbonyl (C=O) groups excluding carboxylic acids is 2. The van der Waals surface area contributed by atoms with Gasteiger partial charge >= 0.3 is 0 Å². The van der Waals surface area contributed by atoms with Crippen molar-refractivity contribution in [2.24, 2.45) is 17.8 Å². The van der Waals surface area contributed by atoms with Crippen LogP contribution in [-0.4, -0.2) is 53.9 Å². The number of amides is 2. The van der Waals surface area contributed by atoms with E-state index in [-0.39, 0.29) is 29.9 Å². The largest absolute Gasteiger partial charge is 0.381 e. The van der Waals surface area contributed by atoms with Gasteiger partial charge in [-0.15, -0.1) is 0 Å². The van der Waals surface area contributed by atoms with Gasteiger partial charge in [0.05, 0.1) is 31.6 Å². The van der Waals surface area contributed by atoms with Gasteiger partial charge in [0.15, 0.2) is 5.69 Å². The molecule has 2 unspecified atom stereocenters. The topological polar surface area (TPSA) is 105 Å². The van der Waals surface area contributed by atoms with E-state index in [2.05, 4.69) is 20.8 Å². The Morgan fingerprint density at radius 1 is 1.32 bits per heavy atom. The number of rotatable bonds is 5. The lowest BCUT2D eigenvalue weighted by Gasteiger charge is -2.23. The number of nitrogens with one attached hydrogen (secondary N) is 3. The molecule has 1 aliphatic carbocycles. The smallest absolute Gasteiger partial charge is 0.272 e. The number of hydrogen-bond donors (Lipinski definition) is 3. The molecule has 1 saturated heterocycles. The van der Waals surface area contributed by atoms with Crippen LogP contribution < -0.4 is 10.6 Å². The van der Waals surface area contributed by atoms with Crippen molar-refractivity contribution in [3.8, 4) is 0 Å². The van der Waals surface area contributed by atoms with Crippen LogP contribution >= 0.6 is 0 Å². The quantitative estimate of drug-likeness (QED) is 0.694. The maximum Gasteiger partial charge on any atom is 0.272 e. The second-order valence-corrected chi connectivity index (χ2v) is 7.43. The predicted octanol–water partition coefficient (Wildman–Crippen LogP) is -0.00220. The van der Waals surface area contributed by atoms with Crippen molar-refractivity contribution in [2.45, 2.75) is 39.0 Å². The molecule has 3 N–H and O–H groups in total. The zero-order chi connectivity index (χ0) is 17.6. The van der Waals surface area contributed by atoms with E-state index >= 15 is 0 Å². The third kappa shape index (κ3) is 3.16. The van der Waals surface area contributed by atoms with Gasteiger partial charge in [-0.2, -0.15) is 5.10 Å². The average molecular weight is 348 g/mol. The lowest BCUT2D eigenvalue weighted by atomic mass is 10.0. The zero-order valence-corrected chi connectivity index (χ0v) is 14.5. The Hall–Kier alpha value is -1.93. The molecule has 3 heterocycles. The Bertz CT molecular complexity index is 676. The fraction of sp³-hybridized carbons (Fsp3) is 0.706. The molecule has 0 radical (unpaired) electrons. The first-order valence-electron chi connectivity index (χ1n) is 8.88. The van der Waals surface area contributed by atoms with E-state index in [1.165, 1.54) is 0 Å². The van der Waals surface area contributed by atoms with E-state index in [0.717, 1.165) is 11.3 Å². The van der Waals surface area contributed by atoms with Gasteiger partial charge in [0.2, 0.25) is 5.91 Å². The highest BCUT2D eigenvalue weighted by Crippen LogP contribution is 2.50. The van der Waals surface area contributed by atoms with Crippen LogP contribution in [-0.2, 0) is 27.3 Å². The molecule has 2 aliphatic heterocycles. The number of fused-ring (bicyclic) bond motifs is 2. The lowest BCUT2D eigenvalue weighted by Crippen LogP contribution is -2.39. The van der Waals surface area contributed by atoms with E-state index in [4.69, 9.17) is 9.47 Å². The molecule has 8 heteroatoms. The van der Waals surface area contributed by atoms with Crippen LogP contribution in [0.2, 0.25) is 0 Å². The average Bonchev–Trinajstić information content (AvgIpc) is 2.94. The lowest BCUT2D eigenvalue weighted by molar-refractivity contribution is -0.124. The molecule has 25 heavy (non-hydrogen) atoms. The molecule has 3 aliphatic rings. The van der Waals surface area contributed by atoms with Gasteiger partial charge in [-0.1, -0.05) is 0 Å². The highest BCUT2D eigenvalue weighted by atomic mass is 16.5. The van der Waals surface area contributed by atoms with Crippen LogP contribution in [0.25, 0.3) is 0 Å². The van der Waals surface area contributed by atoms with Gasteiger partial charge in [0.1, 0.15) is 0 Å². The van der Waals surface area contributed by atoms with E-state index in [1.54, 1.807) is 0 Å². The molecular weight excluding hydrogens is 324 g/mol. The Morgan fingerprint density at radius 2 is 2.08 bits per heavy atom. The van der Waals surface area contributed by atoms with Crippen molar-refractivity contribution in [1.82, 2.24) is 20.8 Å². The van der Waals surface area contributed by atoms with E-state index in [9.17, 15) is 9.59 Å². The molecule has 1 aromatic heterocycles. The fourth-order valence-corrected chi connectivity index (χ4v) is 3.84. The molecule has 0 aromatic carbocycles. The van der Waals surface area contributed by atoms with E-state index < -0.39 is 0 Å². The molecule has 4 atom stereocenters. The summed E-state index contributed by atoms with van der Waals surface area (Å²) < 4.78 is 11.1. The number of carbonyl (C=O) groups is 2. The summed E-state index contributed by atoms with van der Waals surface area (Å²) in [6, 6.07) is 0.0525. The fourth-order valence-electron chi connectivity index (χ4n) is 3.84. The molecule has 4 rings (SSSR count). The van der Waals surface area contributed by atoms with Crippen LogP contribution in [0, 0.1) is 17.8 Å². The molecule has 8 nitrogen and oxygen atoms in total. The Balaban J connectivity index is 1.33. The van der Waals surface area contributed by atoms with Crippen molar-refractivity contribution in [3.63, 3.8) is 0 Å². The summed E-state index contributed by atoms with van der Waals surface area (Å²) in [5.41, 5.74) is 2.16. The minimum Gasteiger partial charge on any atom is -0.381 e. The summed E-state index contributed by atoms with van der Waals surface area (Å²) in [4.78, 5) is 24.5. The third-order valence-electron chi connectivity index (χ3n) is 5.24. The van der Waals surface area contributed by atoms with E-state index in [0.29, 0.717) is 50.3 Å². The number of aromatic nitrogens is 2. The molecule has 2 amide bonds. The summed E-state index contributed by atoms with van der Waals surface area (Å²) >= 11 is 0. The van der Waals surface area contributed by atoms with Gasteiger partial charge < -0.3 is 20.1 Å². The monoisotopic (exact) mass is 348 g/mol. The molecule has 0 bridgehead atoms. The van der Waals surface area contributed by atoms with Gasteiger partial charge in [-0.05, 0) is 25.7 Å². The maximum atomic E-state index is 12.3. The summed E-state index contributed by atoms with van der Waals surface area (Å²) in [5.74, 6) is 0.827. The van der Waals surface area contributed by atoms with Gasteiger partial charge in [0.25, 0.3) is 5.91 Å². The van der Waals surface area contributed by atoms with Crippen molar-refractivity contribution in [1.29, 1.82) is 0 Å². The van der Waals surface area contributed by atoms with Gasteiger partial charge in [-0.3, -0.25) is 14.7 Å². The Kier molecular flexibility index (Phi) is 4.24. The van der Waals surface area contributed by atoms with Crippen LogP contribution in [0.15, 0.2) is 0 Å². The number of ether oxygens (including phenoxy) is 2. The Labute approximate surface area is 146 Å². The minimum absolute atomic E-state index is 0.0525. The van der Waals surface area contributed by atoms with Crippen LogP contribution in [0.4, 0.5) is 0 Å². The summed E-state index contributed by atoms with van der Waals surface area (Å²) in [5, 5.41) is 12.9. The number of aromatic amines is 1. The normalized spacial score (nSPS) is 29.9. The Morgan fingerprint density at radius 3 is 2.80 bits per heavy atom. The number of hydrogen-bond acceptors (Lipinski definition) is 5. The number of H-pyrrole nitrogens is 1. The summed E-state index contributed by atoms with van der Waals surface area (Å²) in [6.07, 6.45) is 0.419. The molecular formula is C17H24N4O4. The SMILES string of the molecule is CC(C)NC(=O)c1n[nH]c2c1CC(CNC(=O)C1[C@H]3COC[C@@H]13)OC2.